The van der Waals surface area contributed by atoms with Gasteiger partial charge in [0, 0.05) is 25.8 Å². The first-order valence-corrected chi connectivity index (χ1v) is 13.4. The van der Waals surface area contributed by atoms with E-state index in [0.29, 0.717) is 26.5 Å². The standard InChI is InChI=1S/C21H20ClF4N5O3S.C2HF3O2/c1-11-14(5-6-15-17(11)20(32)30(2)10-27-15)28-19-13(23)3-4-16(18(19)22)29-35(33,34)31-8-7-12(9-31)21(24,25)26;3-2(4,5)1(6)7/h3-6,10,12,28-29H,7-9H2,1-2H3;(H,6,7). The van der Waals surface area contributed by atoms with Gasteiger partial charge in [-0.2, -0.15) is 39.1 Å². The second-order valence-electron chi connectivity index (χ2n) is 9.00. The quantitative estimate of drug-likeness (QED) is 0.334. The molecule has 1 aliphatic rings. The molecule has 1 fully saturated rings. The highest BCUT2D eigenvalue weighted by Crippen LogP contribution is 2.38. The van der Waals surface area contributed by atoms with Crippen LogP contribution in [0.15, 0.2) is 35.4 Å². The Morgan fingerprint density at radius 1 is 1.12 bits per heavy atom. The molecule has 2 heterocycles. The molecule has 0 aliphatic carbocycles. The van der Waals surface area contributed by atoms with Crippen molar-refractivity contribution in [3.05, 3.63) is 57.3 Å². The summed E-state index contributed by atoms with van der Waals surface area (Å²) in [6, 6.07) is 5.17. The average molecular weight is 648 g/mol. The predicted molar refractivity (Wildman–Crippen MR) is 138 cm³/mol. The summed E-state index contributed by atoms with van der Waals surface area (Å²) in [6.45, 7) is 0.599. The second kappa shape index (κ2) is 11.9. The SMILES string of the molecule is Cc1c(Nc2c(F)ccc(NS(=O)(=O)N3CCC(C(F)(F)F)C3)c2Cl)ccc2ncn(C)c(=O)c12.O=C(O)C(F)(F)F. The van der Waals surface area contributed by atoms with E-state index in [0.717, 1.165) is 12.1 Å². The lowest BCUT2D eigenvalue weighted by Crippen LogP contribution is -2.36. The Hall–Kier alpha value is -3.64. The molecule has 2 aromatic carbocycles. The number of anilines is 3. The summed E-state index contributed by atoms with van der Waals surface area (Å²) in [5.41, 5.74) is 0.426. The van der Waals surface area contributed by atoms with Crippen LogP contribution >= 0.6 is 11.6 Å². The molecule has 3 aromatic rings. The summed E-state index contributed by atoms with van der Waals surface area (Å²) >= 11 is 6.30. The number of benzene rings is 2. The molecule has 10 nitrogen and oxygen atoms in total. The van der Waals surface area contributed by atoms with Crippen LogP contribution in [0.4, 0.5) is 47.8 Å². The number of carboxylic acid groups (broad SMARTS) is 1. The smallest absolute Gasteiger partial charge is 0.475 e. The van der Waals surface area contributed by atoms with Crippen LogP contribution in [0.3, 0.4) is 0 Å². The van der Waals surface area contributed by atoms with Gasteiger partial charge in [-0.25, -0.2) is 14.2 Å². The van der Waals surface area contributed by atoms with Gasteiger partial charge in [0.15, 0.2) is 0 Å². The van der Waals surface area contributed by atoms with Crippen LogP contribution in [0.1, 0.15) is 12.0 Å². The minimum atomic E-state index is -5.08. The lowest BCUT2D eigenvalue weighted by atomic mass is 10.1. The highest BCUT2D eigenvalue weighted by molar-refractivity contribution is 7.90. The van der Waals surface area contributed by atoms with E-state index in [2.05, 4.69) is 15.0 Å². The maximum atomic E-state index is 14.7. The molecule has 1 aromatic heterocycles. The number of aromatic nitrogens is 2. The van der Waals surface area contributed by atoms with Crippen molar-refractivity contribution in [3.8, 4) is 0 Å². The zero-order chi connectivity index (χ0) is 31.8. The highest BCUT2D eigenvalue weighted by Gasteiger charge is 2.46. The third-order valence-electron chi connectivity index (χ3n) is 6.13. The van der Waals surface area contributed by atoms with Crippen molar-refractivity contribution in [3.63, 3.8) is 0 Å². The molecular formula is C23H21ClF7N5O5S. The molecule has 1 unspecified atom stereocenters. The van der Waals surface area contributed by atoms with Crippen molar-refractivity contribution in [2.24, 2.45) is 13.0 Å². The van der Waals surface area contributed by atoms with E-state index in [1.165, 1.54) is 17.9 Å². The van der Waals surface area contributed by atoms with Crippen LogP contribution in [-0.2, 0) is 22.1 Å². The van der Waals surface area contributed by atoms with Gasteiger partial charge in [-0.05, 0) is 43.2 Å². The van der Waals surface area contributed by atoms with Crippen molar-refractivity contribution in [1.29, 1.82) is 0 Å². The number of halogens is 8. The van der Waals surface area contributed by atoms with Crippen molar-refractivity contribution in [2.75, 3.05) is 23.1 Å². The molecule has 1 atom stereocenters. The van der Waals surface area contributed by atoms with E-state index in [4.69, 9.17) is 21.5 Å². The third kappa shape index (κ3) is 7.22. The summed E-state index contributed by atoms with van der Waals surface area (Å²) in [6.07, 6.45) is -8.58. The molecule has 1 saturated heterocycles. The predicted octanol–water partition coefficient (Wildman–Crippen LogP) is 4.95. The van der Waals surface area contributed by atoms with Crippen molar-refractivity contribution in [2.45, 2.75) is 25.7 Å². The van der Waals surface area contributed by atoms with E-state index in [1.54, 1.807) is 19.1 Å². The Bertz CT molecular complexity index is 1680. The number of hydrogen-bond acceptors (Lipinski definition) is 6. The van der Waals surface area contributed by atoms with Crippen molar-refractivity contribution in [1.82, 2.24) is 13.9 Å². The van der Waals surface area contributed by atoms with Crippen molar-refractivity contribution < 1.29 is 49.1 Å². The number of carbonyl (C=O) groups is 1. The van der Waals surface area contributed by atoms with Crippen LogP contribution in [-0.4, -0.2) is 58.8 Å². The van der Waals surface area contributed by atoms with Crippen LogP contribution in [0.25, 0.3) is 10.9 Å². The Labute approximate surface area is 237 Å². The minimum absolute atomic E-state index is 0.220. The number of nitrogens with zero attached hydrogens (tertiary/aromatic N) is 3. The summed E-state index contributed by atoms with van der Waals surface area (Å²) in [5.74, 6) is -5.33. The topological polar surface area (TPSA) is 134 Å². The molecule has 0 spiro atoms. The van der Waals surface area contributed by atoms with Crippen LogP contribution in [0, 0.1) is 18.7 Å². The normalized spacial score (nSPS) is 16.2. The van der Waals surface area contributed by atoms with Gasteiger partial charge in [-0.3, -0.25) is 9.52 Å². The molecule has 0 saturated carbocycles. The molecule has 42 heavy (non-hydrogen) atoms. The fourth-order valence-electron chi connectivity index (χ4n) is 3.89. The number of fused-ring (bicyclic) bond motifs is 1. The van der Waals surface area contributed by atoms with E-state index in [1.807, 2.05) is 0 Å². The lowest BCUT2D eigenvalue weighted by Gasteiger charge is -2.20. The number of nitrogens with one attached hydrogen (secondary N) is 2. The van der Waals surface area contributed by atoms with Crippen LogP contribution in [0.5, 0.6) is 0 Å². The summed E-state index contributed by atoms with van der Waals surface area (Å²) < 4.78 is 115. The Morgan fingerprint density at radius 2 is 1.71 bits per heavy atom. The summed E-state index contributed by atoms with van der Waals surface area (Å²) in [5, 5.41) is 9.89. The average Bonchev–Trinajstić information content (AvgIpc) is 3.39. The molecule has 230 valence electrons. The molecule has 4 rings (SSSR count). The first-order valence-electron chi connectivity index (χ1n) is 11.6. The van der Waals surface area contributed by atoms with Gasteiger partial charge in [0.25, 0.3) is 5.56 Å². The van der Waals surface area contributed by atoms with Gasteiger partial charge in [0.1, 0.15) is 5.82 Å². The number of hydrogen-bond donors (Lipinski definition) is 3. The molecule has 3 N–H and O–H groups in total. The first kappa shape index (κ1) is 32.9. The zero-order valence-electron chi connectivity index (χ0n) is 21.4. The number of aliphatic carboxylic acids is 1. The monoisotopic (exact) mass is 647 g/mol. The number of carboxylic acids is 1. The molecule has 0 amide bonds. The maximum Gasteiger partial charge on any atom is 0.490 e. The van der Waals surface area contributed by atoms with Crippen LogP contribution in [0.2, 0.25) is 5.02 Å². The Balaban J connectivity index is 0.000000616. The minimum Gasteiger partial charge on any atom is -0.475 e. The van der Waals surface area contributed by atoms with E-state index in [-0.39, 0.29) is 34.9 Å². The molecular weight excluding hydrogens is 627 g/mol. The van der Waals surface area contributed by atoms with Gasteiger partial charge < -0.3 is 15.0 Å². The number of alkyl halides is 6. The Kier molecular flexibility index (Phi) is 9.33. The van der Waals surface area contributed by atoms with Gasteiger partial charge in [-0.15, -0.1) is 0 Å². The largest absolute Gasteiger partial charge is 0.490 e. The zero-order valence-corrected chi connectivity index (χ0v) is 23.0. The van der Waals surface area contributed by atoms with E-state index in [9.17, 15) is 43.9 Å². The lowest BCUT2D eigenvalue weighted by molar-refractivity contribution is -0.192. The van der Waals surface area contributed by atoms with E-state index >= 15 is 0 Å². The molecule has 0 radical (unpaired) electrons. The number of rotatable bonds is 5. The third-order valence-corrected chi connectivity index (χ3v) is 8.02. The van der Waals surface area contributed by atoms with Gasteiger partial charge >= 0.3 is 28.5 Å². The molecule has 19 heteroatoms. The Morgan fingerprint density at radius 3 is 2.26 bits per heavy atom. The summed E-state index contributed by atoms with van der Waals surface area (Å²) in [4.78, 5) is 25.6. The van der Waals surface area contributed by atoms with Crippen molar-refractivity contribution >= 4 is 55.7 Å². The fraction of sp³-hybridized carbons (Fsp3) is 0.348. The van der Waals surface area contributed by atoms with Crippen LogP contribution < -0.4 is 15.6 Å². The van der Waals surface area contributed by atoms with Gasteiger partial charge in [0.2, 0.25) is 0 Å². The summed E-state index contributed by atoms with van der Waals surface area (Å²) in [7, 11) is -2.84. The van der Waals surface area contributed by atoms with Gasteiger partial charge in [0.05, 0.1) is 39.5 Å². The number of aryl methyl sites for hydroxylation is 2. The molecule has 0 bridgehead atoms. The highest BCUT2D eigenvalue weighted by atomic mass is 35.5. The second-order valence-corrected chi connectivity index (χ2v) is 11.0. The van der Waals surface area contributed by atoms with E-state index < -0.39 is 46.8 Å². The molecule has 1 aliphatic heterocycles. The maximum absolute atomic E-state index is 14.7. The van der Waals surface area contributed by atoms with Gasteiger partial charge in [-0.1, -0.05) is 11.6 Å². The fourth-order valence-corrected chi connectivity index (χ4v) is 5.49. The first-order chi connectivity index (χ1) is 19.2.